The van der Waals surface area contributed by atoms with Crippen molar-refractivity contribution in [3.05, 3.63) is 80.7 Å². The van der Waals surface area contributed by atoms with E-state index < -0.39 is 18.0 Å². The number of nitrogens with two attached hydrogens (primary N) is 1. The lowest BCUT2D eigenvalue weighted by atomic mass is 10.0. The number of aliphatic carboxylic acids is 2. The third-order valence-electron chi connectivity index (χ3n) is 4.31. The number of rotatable bonds is 9. The van der Waals surface area contributed by atoms with Crippen LogP contribution in [0.15, 0.2) is 69.1 Å². The number of carbonyl (C=O) groups is 2. The number of aliphatic hydroxyl groups excluding tert-OH is 1. The highest BCUT2D eigenvalue weighted by molar-refractivity contribution is 7.08. The average Bonchev–Trinajstić information content (AvgIpc) is 3.51. The molecule has 0 spiro atoms. The Kier molecular flexibility index (Phi) is 10.5. The number of carbonyl (C=O) groups excluding carboxylic acids is 1. The van der Waals surface area contributed by atoms with Gasteiger partial charge in [0.25, 0.3) is 0 Å². The van der Waals surface area contributed by atoms with Gasteiger partial charge in [0.1, 0.15) is 24.4 Å². The molecule has 0 bridgehead atoms. The first-order valence-corrected chi connectivity index (χ1v) is 11.5. The number of aliphatic hydroxyl groups is 1. The van der Waals surface area contributed by atoms with Crippen LogP contribution in [0.25, 0.3) is 0 Å². The van der Waals surface area contributed by atoms with Gasteiger partial charge in [-0.15, -0.1) is 0 Å². The van der Waals surface area contributed by atoms with Crippen LogP contribution in [-0.2, 0) is 14.4 Å². The maximum Gasteiger partial charge on any atom is 0.351 e. The molecule has 2 heterocycles. The summed E-state index contributed by atoms with van der Waals surface area (Å²) in [6.07, 6.45) is -0.494. The summed E-state index contributed by atoms with van der Waals surface area (Å²) in [5.74, 6) is -4.01. The molecule has 0 aliphatic carbocycles. The van der Waals surface area contributed by atoms with Crippen LogP contribution in [0.5, 0.6) is 0 Å². The van der Waals surface area contributed by atoms with Crippen molar-refractivity contribution in [2.75, 3.05) is 13.2 Å². The molecule has 10 heteroatoms. The first-order valence-electron chi connectivity index (χ1n) is 9.65. The van der Waals surface area contributed by atoms with Crippen molar-refractivity contribution in [3.8, 4) is 0 Å². The summed E-state index contributed by atoms with van der Waals surface area (Å²) in [7, 11) is 0. The molecule has 2 aromatic heterocycles. The van der Waals surface area contributed by atoms with Crippen LogP contribution < -0.4 is 10.4 Å². The molecule has 0 aliphatic rings. The lowest BCUT2D eigenvalue weighted by Crippen LogP contribution is -2.91. The Balaban J connectivity index is 0.000000534. The number of carboxylic acid groups (broad SMARTS) is 2. The van der Waals surface area contributed by atoms with Gasteiger partial charge >= 0.3 is 5.97 Å². The minimum Gasteiger partial charge on any atom is -0.539 e. The van der Waals surface area contributed by atoms with E-state index in [0.717, 1.165) is 28.9 Å². The van der Waals surface area contributed by atoms with Gasteiger partial charge in [-0.2, -0.15) is 22.7 Å². The zero-order chi connectivity index (χ0) is 23.3. The first-order chi connectivity index (χ1) is 15.4. The Bertz CT molecular complexity index is 927. The monoisotopic (exact) mass is 476 g/mol. The Labute approximate surface area is 193 Å². The number of oxime groups is 1. The summed E-state index contributed by atoms with van der Waals surface area (Å²) in [6.45, 7) is 3.24. The standard InChI is InChI=1S/C20H22N2O2S2.C2H2O4/c1-15(20(23)16-5-3-2-4-6-16)21-9-10-24-22-19(17-7-11-25-13-17)18-8-12-26-14-18;3-1(4)2(5)6/h2-8,11-15,20-21,23H,9-10H2,1H3;(H,3,4)(H,5,6). The van der Waals surface area contributed by atoms with Gasteiger partial charge in [0.05, 0.1) is 0 Å². The maximum atomic E-state index is 10.4. The van der Waals surface area contributed by atoms with Crippen molar-refractivity contribution in [3.63, 3.8) is 0 Å². The van der Waals surface area contributed by atoms with Gasteiger partial charge in [0.15, 0.2) is 12.6 Å². The topological polar surface area (TPSA) is 136 Å². The lowest BCUT2D eigenvalue weighted by Gasteiger charge is -2.17. The molecular formula is C22H24N2O6S2. The zero-order valence-electron chi connectivity index (χ0n) is 17.3. The second-order valence-corrected chi connectivity index (χ2v) is 8.19. The molecule has 0 aliphatic heterocycles. The molecule has 4 N–H and O–H groups in total. The smallest absolute Gasteiger partial charge is 0.351 e. The normalized spacial score (nSPS) is 12.1. The Morgan fingerprint density at radius 3 is 2.12 bits per heavy atom. The number of hydrogen-bond donors (Lipinski definition) is 3. The van der Waals surface area contributed by atoms with Crippen LogP contribution in [0, 0.1) is 0 Å². The number of benzene rings is 1. The van der Waals surface area contributed by atoms with Crippen molar-refractivity contribution >= 4 is 40.3 Å². The van der Waals surface area contributed by atoms with Crippen LogP contribution in [0.2, 0.25) is 0 Å². The molecule has 0 radical (unpaired) electrons. The molecule has 8 nitrogen and oxygen atoms in total. The summed E-state index contributed by atoms with van der Waals surface area (Å²) in [6, 6.07) is 13.9. The van der Waals surface area contributed by atoms with Gasteiger partial charge in [-0.25, -0.2) is 4.79 Å². The minimum atomic E-state index is -2.07. The van der Waals surface area contributed by atoms with Crippen LogP contribution >= 0.6 is 22.7 Å². The lowest BCUT2D eigenvalue weighted by molar-refractivity contribution is -0.695. The fraction of sp³-hybridized carbons (Fsp3) is 0.227. The highest BCUT2D eigenvalue weighted by Gasteiger charge is 2.18. The Morgan fingerprint density at radius 2 is 1.66 bits per heavy atom. The SMILES string of the molecule is CC([NH2+]CCON=C(c1ccsc1)c1ccsc1)C(O)c1ccccc1.O=C([O-])C(=O)O. The molecule has 0 amide bonds. The summed E-state index contributed by atoms with van der Waals surface area (Å²) in [4.78, 5) is 23.6. The van der Waals surface area contributed by atoms with Crippen molar-refractivity contribution in [2.45, 2.75) is 19.1 Å². The van der Waals surface area contributed by atoms with E-state index in [2.05, 4.69) is 33.4 Å². The molecule has 2 unspecified atom stereocenters. The van der Waals surface area contributed by atoms with E-state index in [1.54, 1.807) is 22.7 Å². The number of quaternary nitrogens is 1. The molecule has 3 rings (SSSR count). The van der Waals surface area contributed by atoms with Gasteiger partial charge < -0.3 is 30.3 Å². The second kappa shape index (κ2) is 13.4. The third kappa shape index (κ3) is 8.23. The van der Waals surface area contributed by atoms with Crippen molar-refractivity contribution in [2.24, 2.45) is 5.16 Å². The van der Waals surface area contributed by atoms with Gasteiger partial charge in [-0.3, -0.25) is 0 Å². The van der Waals surface area contributed by atoms with E-state index in [1.807, 2.05) is 48.0 Å². The molecule has 170 valence electrons. The van der Waals surface area contributed by atoms with Crippen LogP contribution in [0.4, 0.5) is 0 Å². The maximum absolute atomic E-state index is 10.4. The fourth-order valence-corrected chi connectivity index (χ4v) is 3.93. The number of nitrogens with zero attached hydrogens (tertiary/aromatic N) is 1. The Morgan fingerprint density at radius 1 is 1.09 bits per heavy atom. The molecule has 0 saturated carbocycles. The van der Waals surface area contributed by atoms with Gasteiger partial charge in [-0.05, 0) is 35.4 Å². The minimum absolute atomic E-state index is 0.0539. The van der Waals surface area contributed by atoms with E-state index in [0.29, 0.717) is 6.61 Å². The van der Waals surface area contributed by atoms with E-state index in [1.165, 1.54) is 0 Å². The highest BCUT2D eigenvalue weighted by Crippen LogP contribution is 2.17. The third-order valence-corrected chi connectivity index (χ3v) is 5.67. The van der Waals surface area contributed by atoms with E-state index >= 15 is 0 Å². The summed E-state index contributed by atoms with van der Waals surface area (Å²) >= 11 is 3.29. The predicted molar refractivity (Wildman–Crippen MR) is 121 cm³/mol. The van der Waals surface area contributed by atoms with Crippen LogP contribution in [0.1, 0.15) is 29.7 Å². The van der Waals surface area contributed by atoms with Gasteiger partial charge in [0, 0.05) is 21.9 Å². The van der Waals surface area contributed by atoms with Gasteiger partial charge in [-0.1, -0.05) is 35.5 Å². The van der Waals surface area contributed by atoms with Crippen LogP contribution in [0.3, 0.4) is 0 Å². The molecule has 0 saturated heterocycles. The van der Waals surface area contributed by atoms with E-state index in [4.69, 9.17) is 24.6 Å². The second-order valence-electron chi connectivity index (χ2n) is 6.63. The van der Waals surface area contributed by atoms with Gasteiger partial charge in [0.2, 0.25) is 0 Å². The predicted octanol–water partition coefficient (Wildman–Crippen LogP) is 1.08. The summed E-state index contributed by atoms with van der Waals surface area (Å²) in [5, 5.41) is 41.4. The van der Waals surface area contributed by atoms with Crippen molar-refractivity contribution in [1.82, 2.24) is 0 Å². The molecule has 0 fully saturated rings. The van der Waals surface area contributed by atoms with Crippen LogP contribution in [-0.4, -0.2) is 47.1 Å². The number of hydrogen-bond acceptors (Lipinski definition) is 8. The first kappa shape index (κ1) is 25.2. The fourth-order valence-electron chi connectivity index (χ4n) is 2.65. The average molecular weight is 477 g/mol. The number of carboxylic acids is 2. The molecule has 32 heavy (non-hydrogen) atoms. The highest BCUT2D eigenvalue weighted by atomic mass is 32.1. The van der Waals surface area contributed by atoms with Crippen molar-refractivity contribution in [1.29, 1.82) is 0 Å². The molecule has 1 aromatic carbocycles. The Hall–Kier alpha value is -3.05. The van der Waals surface area contributed by atoms with E-state index in [-0.39, 0.29) is 6.04 Å². The molecular weight excluding hydrogens is 452 g/mol. The largest absolute Gasteiger partial charge is 0.539 e. The molecule has 2 atom stereocenters. The quantitative estimate of drug-likeness (QED) is 0.183. The number of thiophene rings is 2. The summed E-state index contributed by atoms with van der Waals surface area (Å²) < 4.78 is 0. The zero-order valence-corrected chi connectivity index (χ0v) is 18.9. The van der Waals surface area contributed by atoms with Crippen molar-refractivity contribution < 1.29 is 35.1 Å². The summed E-state index contributed by atoms with van der Waals surface area (Å²) in [5.41, 5.74) is 3.95. The van der Waals surface area contributed by atoms with E-state index in [9.17, 15) is 5.11 Å². The molecule has 3 aromatic rings.